The highest BCUT2D eigenvalue weighted by molar-refractivity contribution is 5.88. The minimum absolute atomic E-state index is 0.112. The van der Waals surface area contributed by atoms with Crippen LogP contribution in [-0.2, 0) is 5.41 Å². The summed E-state index contributed by atoms with van der Waals surface area (Å²) in [6.07, 6.45) is 2.41. The molecule has 4 rings (SSSR count). The minimum Gasteiger partial charge on any atom is -0.497 e. The third-order valence-corrected chi connectivity index (χ3v) is 5.26. The lowest BCUT2D eigenvalue weighted by Crippen LogP contribution is -2.18. The summed E-state index contributed by atoms with van der Waals surface area (Å²) in [5.74, 6) is 0.886. The van der Waals surface area contributed by atoms with Crippen molar-refractivity contribution in [3.63, 3.8) is 0 Å². The van der Waals surface area contributed by atoms with E-state index in [2.05, 4.69) is 80.6 Å². The van der Waals surface area contributed by atoms with Gasteiger partial charge in [0.05, 0.1) is 7.11 Å². The molecule has 25 heavy (non-hydrogen) atoms. The van der Waals surface area contributed by atoms with Crippen molar-refractivity contribution in [1.29, 1.82) is 0 Å². The normalized spacial score (nSPS) is 18.6. The Morgan fingerprint density at radius 3 is 2.16 bits per heavy atom. The Balaban J connectivity index is 1.88. The first kappa shape index (κ1) is 15.7. The fraction of sp³-hybridized carbons (Fsp3) is 0.167. The summed E-state index contributed by atoms with van der Waals surface area (Å²) in [4.78, 5) is 0. The molecular weight excluding hydrogens is 304 g/mol. The van der Waals surface area contributed by atoms with Crippen LogP contribution < -0.4 is 4.74 Å². The van der Waals surface area contributed by atoms with Gasteiger partial charge in [0.2, 0.25) is 0 Å². The smallest absolute Gasteiger partial charge is 0.118 e. The SMILES string of the molecule is COc1ccc(C2=CC(C)(c3ccc(C)cc3)c3ccccc32)cc1. The molecule has 1 atom stereocenters. The summed E-state index contributed by atoms with van der Waals surface area (Å²) in [5.41, 5.74) is 7.71. The molecule has 0 amide bonds. The zero-order chi connectivity index (χ0) is 17.4. The van der Waals surface area contributed by atoms with Crippen LogP contribution in [0.2, 0.25) is 0 Å². The van der Waals surface area contributed by atoms with Gasteiger partial charge in [-0.05, 0) is 53.8 Å². The monoisotopic (exact) mass is 326 g/mol. The van der Waals surface area contributed by atoms with Crippen molar-refractivity contribution in [3.05, 3.63) is 107 Å². The largest absolute Gasteiger partial charge is 0.497 e. The Morgan fingerprint density at radius 2 is 1.48 bits per heavy atom. The van der Waals surface area contributed by atoms with Crippen molar-refractivity contribution < 1.29 is 4.74 Å². The fourth-order valence-electron chi connectivity index (χ4n) is 3.76. The molecule has 0 aromatic heterocycles. The van der Waals surface area contributed by atoms with Crippen LogP contribution in [0.4, 0.5) is 0 Å². The number of methoxy groups -OCH3 is 1. The molecule has 0 heterocycles. The second-order valence-electron chi connectivity index (χ2n) is 6.90. The molecule has 0 radical (unpaired) electrons. The first-order valence-corrected chi connectivity index (χ1v) is 8.66. The third-order valence-electron chi connectivity index (χ3n) is 5.26. The second-order valence-corrected chi connectivity index (χ2v) is 6.90. The van der Waals surface area contributed by atoms with Crippen LogP contribution >= 0.6 is 0 Å². The van der Waals surface area contributed by atoms with E-state index in [9.17, 15) is 0 Å². The number of hydrogen-bond acceptors (Lipinski definition) is 1. The van der Waals surface area contributed by atoms with Crippen LogP contribution in [0.1, 0.15) is 34.7 Å². The molecule has 1 aliphatic rings. The van der Waals surface area contributed by atoms with Gasteiger partial charge in [-0.1, -0.05) is 72.3 Å². The average molecular weight is 326 g/mol. The van der Waals surface area contributed by atoms with Crippen molar-refractivity contribution in [2.45, 2.75) is 19.3 Å². The number of hydrogen-bond donors (Lipinski definition) is 0. The van der Waals surface area contributed by atoms with Crippen molar-refractivity contribution in [3.8, 4) is 5.75 Å². The Kier molecular flexibility index (Phi) is 3.73. The fourth-order valence-corrected chi connectivity index (χ4v) is 3.76. The van der Waals surface area contributed by atoms with E-state index < -0.39 is 0 Å². The zero-order valence-corrected chi connectivity index (χ0v) is 14.9. The standard InChI is InChI=1S/C24H22O/c1-17-8-12-19(13-9-17)24(2)16-22(21-6-4-5-7-23(21)24)18-10-14-20(25-3)15-11-18/h4-16H,1-3H3. The number of ether oxygens (including phenoxy) is 1. The van der Waals surface area contributed by atoms with Crippen LogP contribution in [0, 0.1) is 6.92 Å². The highest BCUT2D eigenvalue weighted by Crippen LogP contribution is 2.47. The van der Waals surface area contributed by atoms with Gasteiger partial charge in [-0.15, -0.1) is 0 Å². The van der Waals surface area contributed by atoms with Crippen molar-refractivity contribution in [2.24, 2.45) is 0 Å². The molecule has 0 spiro atoms. The Bertz CT molecular complexity index is 933. The molecule has 0 bridgehead atoms. The second kappa shape index (κ2) is 5.93. The topological polar surface area (TPSA) is 9.23 Å². The van der Waals surface area contributed by atoms with E-state index in [0.717, 1.165) is 5.75 Å². The van der Waals surface area contributed by atoms with Gasteiger partial charge in [0.25, 0.3) is 0 Å². The molecule has 1 nitrogen and oxygen atoms in total. The molecular formula is C24H22O. The highest BCUT2D eigenvalue weighted by Gasteiger charge is 2.35. The van der Waals surface area contributed by atoms with Gasteiger partial charge in [-0.3, -0.25) is 0 Å². The van der Waals surface area contributed by atoms with Crippen LogP contribution in [-0.4, -0.2) is 7.11 Å². The van der Waals surface area contributed by atoms with Crippen molar-refractivity contribution in [2.75, 3.05) is 7.11 Å². The van der Waals surface area contributed by atoms with Crippen LogP contribution in [0.5, 0.6) is 5.75 Å². The molecule has 0 fully saturated rings. The van der Waals surface area contributed by atoms with Gasteiger partial charge in [0, 0.05) is 5.41 Å². The lowest BCUT2D eigenvalue weighted by atomic mass is 9.78. The quantitative estimate of drug-likeness (QED) is 0.595. The molecule has 1 unspecified atom stereocenters. The molecule has 0 N–H and O–H groups in total. The summed E-state index contributed by atoms with van der Waals surface area (Å²) in [6.45, 7) is 4.44. The highest BCUT2D eigenvalue weighted by atomic mass is 16.5. The minimum atomic E-state index is -0.112. The van der Waals surface area contributed by atoms with Gasteiger partial charge in [-0.25, -0.2) is 0 Å². The number of aryl methyl sites for hydroxylation is 1. The Hall–Kier alpha value is -2.80. The van der Waals surface area contributed by atoms with E-state index in [1.54, 1.807) is 7.11 Å². The van der Waals surface area contributed by atoms with Crippen LogP contribution in [0.25, 0.3) is 5.57 Å². The number of fused-ring (bicyclic) bond motifs is 1. The molecule has 0 saturated heterocycles. The van der Waals surface area contributed by atoms with Gasteiger partial charge in [0.15, 0.2) is 0 Å². The molecule has 0 saturated carbocycles. The van der Waals surface area contributed by atoms with Gasteiger partial charge in [-0.2, -0.15) is 0 Å². The van der Waals surface area contributed by atoms with E-state index >= 15 is 0 Å². The lowest BCUT2D eigenvalue weighted by Gasteiger charge is -2.25. The first-order valence-electron chi connectivity index (χ1n) is 8.66. The molecule has 3 aromatic rings. The van der Waals surface area contributed by atoms with E-state index in [1.165, 1.54) is 33.4 Å². The van der Waals surface area contributed by atoms with Gasteiger partial charge < -0.3 is 4.74 Å². The first-order chi connectivity index (χ1) is 12.1. The van der Waals surface area contributed by atoms with Gasteiger partial charge >= 0.3 is 0 Å². The van der Waals surface area contributed by atoms with E-state index in [1.807, 2.05) is 12.1 Å². The molecule has 3 aromatic carbocycles. The number of allylic oxidation sites excluding steroid dienone is 1. The average Bonchev–Trinajstić information content (AvgIpc) is 2.97. The predicted molar refractivity (Wildman–Crippen MR) is 104 cm³/mol. The summed E-state index contributed by atoms with van der Waals surface area (Å²) >= 11 is 0. The predicted octanol–water partition coefficient (Wildman–Crippen LogP) is 5.75. The Morgan fingerprint density at radius 1 is 0.800 bits per heavy atom. The molecule has 124 valence electrons. The summed E-state index contributed by atoms with van der Waals surface area (Å²) in [7, 11) is 1.70. The Labute approximate surface area is 149 Å². The van der Waals surface area contributed by atoms with Crippen molar-refractivity contribution >= 4 is 5.57 Å². The maximum atomic E-state index is 5.30. The summed E-state index contributed by atoms with van der Waals surface area (Å²) in [5, 5.41) is 0. The van der Waals surface area contributed by atoms with Gasteiger partial charge in [0.1, 0.15) is 5.75 Å². The van der Waals surface area contributed by atoms with E-state index in [0.29, 0.717) is 0 Å². The van der Waals surface area contributed by atoms with E-state index in [-0.39, 0.29) is 5.41 Å². The molecule has 1 aliphatic carbocycles. The zero-order valence-electron chi connectivity index (χ0n) is 14.9. The summed E-state index contributed by atoms with van der Waals surface area (Å²) < 4.78 is 5.30. The molecule has 0 aliphatic heterocycles. The van der Waals surface area contributed by atoms with E-state index in [4.69, 9.17) is 4.74 Å². The van der Waals surface area contributed by atoms with Crippen LogP contribution in [0.15, 0.2) is 78.9 Å². The number of benzene rings is 3. The lowest BCUT2D eigenvalue weighted by molar-refractivity contribution is 0.415. The maximum absolute atomic E-state index is 5.30. The van der Waals surface area contributed by atoms with Crippen LogP contribution in [0.3, 0.4) is 0 Å². The summed E-state index contributed by atoms with van der Waals surface area (Å²) in [6, 6.07) is 26.0. The maximum Gasteiger partial charge on any atom is 0.118 e. The number of rotatable bonds is 3. The van der Waals surface area contributed by atoms with Crippen molar-refractivity contribution in [1.82, 2.24) is 0 Å². The molecule has 1 heteroatoms. The third kappa shape index (κ3) is 2.56.